The van der Waals surface area contributed by atoms with Gasteiger partial charge >= 0.3 is 0 Å². The molecule has 2 aromatic carbocycles. The molecule has 1 aliphatic rings. The van der Waals surface area contributed by atoms with E-state index in [0.29, 0.717) is 5.82 Å². The molecular formula is C20H17ClN2O. The highest BCUT2D eigenvalue weighted by Crippen LogP contribution is 2.33. The van der Waals surface area contributed by atoms with Crippen molar-refractivity contribution >= 4 is 34.1 Å². The Balaban J connectivity index is 1.70. The topological polar surface area (TPSA) is 42.0 Å². The number of amides is 1. The van der Waals surface area contributed by atoms with Gasteiger partial charge in [-0.1, -0.05) is 35.9 Å². The number of carbonyl (C=O) groups excluding carboxylic acids is 1. The third kappa shape index (κ3) is 2.87. The number of pyridine rings is 1. The maximum atomic E-state index is 11.9. The van der Waals surface area contributed by atoms with Crippen molar-refractivity contribution in [2.24, 2.45) is 5.92 Å². The van der Waals surface area contributed by atoms with Crippen LogP contribution in [0.1, 0.15) is 18.4 Å². The van der Waals surface area contributed by atoms with Crippen molar-refractivity contribution in [2.75, 3.05) is 5.32 Å². The zero-order valence-electron chi connectivity index (χ0n) is 13.3. The van der Waals surface area contributed by atoms with Crippen LogP contribution < -0.4 is 5.32 Å². The van der Waals surface area contributed by atoms with Crippen LogP contribution in [0.5, 0.6) is 0 Å². The predicted octanol–water partition coefficient (Wildman–Crippen LogP) is 5.21. The zero-order chi connectivity index (χ0) is 16.7. The SMILES string of the molecule is Cc1cccc(Cl)c1-c1ccc2cc(NC(=O)C3CC3)ncc2c1. The Kier molecular flexibility index (Phi) is 3.73. The molecule has 1 saturated carbocycles. The van der Waals surface area contributed by atoms with Gasteiger partial charge in [0.25, 0.3) is 0 Å². The van der Waals surface area contributed by atoms with E-state index in [1.54, 1.807) is 6.20 Å². The Morgan fingerprint density at radius 2 is 2.00 bits per heavy atom. The highest BCUT2D eigenvalue weighted by molar-refractivity contribution is 6.33. The summed E-state index contributed by atoms with van der Waals surface area (Å²) in [6.07, 6.45) is 3.77. The van der Waals surface area contributed by atoms with E-state index in [2.05, 4.69) is 35.4 Å². The number of halogens is 1. The Morgan fingerprint density at radius 3 is 2.75 bits per heavy atom. The highest BCUT2D eigenvalue weighted by atomic mass is 35.5. The molecule has 0 atom stereocenters. The molecule has 0 unspecified atom stereocenters. The number of hydrogen-bond donors (Lipinski definition) is 1. The number of nitrogens with one attached hydrogen (secondary N) is 1. The molecule has 1 fully saturated rings. The number of hydrogen-bond acceptors (Lipinski definition) is 2. The second kappa shape index (κ2) is 5.91. The van der Waals surface area contributed by atoms with Crippen LogP contribution in [-0.4, -0.2) is 10.9 Å². The van der Waals surface area contributed by atoms with Crippen molar-refractivity contribution in [1.82, 2.24) is 4.98 Å². The lowest BCUT2D eigenvalue weighted by Crippen LogP contribution is -2.14. The molecule has 0 saturated heterocycles. The molecule has 0 radical (unpaired) electrons. The number of rotatable bonds is 3. The van der Waals surface area contributed by atoms with Crippen molar-refractivity contribution in [3.63, 3.8) is 0 Å². The molecule has 4 heteroatoms. The normalized spacial score (nSPS) is 13.9. The van der Waals surface area contributed by atoms with E-state index in [0.717, 1.165) is 45.3 Å². The summed E-state index contributed by atoms with van der Waals surface area (Å²) in [5.41, 5.74) is 3.26. The second-order valence-electron chi connectivity index (χ2n) is 6.33. The summed E-state index contributed by atoms with van der Waals surface area (Å²) >= 11 is 6.37. The molecule has 120 valence electrons. The molecule has 1 aromatic heterocycles. The maximum absolute atomic E-state index is 11.9. The Hall–Kier alpha value is -2.39. The maximum Gasteiger partial charge on any atom is 0.228 e. The molecule has 1 amide bonds. The van der Waals surface area contributed by atoms with Gasteiger partial charge in [0.05, 0.1) is 0 Å². The fraction of sp³-hybridized carbons (Fsp3) is 0.200. The molecule has 3 nitrogen and oxygen atoms in total. The molecule has 1 N–H and O–H groups in total. The minimum Gasteiger partial charge on any atom is -0.310 e. The summed E-state index contributed by atoms with van der Waals surface area (Å²) in [5.74, 6) is 0.860. The number of aromatic nitrogens is 1. The van der Waals surface area contributed by atoms with Gasteiger partial charge in [-0.3, -0.25) is 4.79 Å². The van der Waals surface area contributed by atoms with Crippen LogP contribution in [-0.2, 0) is 4.79 Å². The lowest BCUT2D eigenvalue weighted by molar-refractivity contribution is -0.117. The average Bonchev–Trinajstić information content (AvgIpc) is 3.39. The number of benzene rings is 2. The van der Waals surface area contributed by atoms with Crippen LogP contribution in [0, 0.1) is 12.8 Å². The fourth-order valence-corrected chi connectivity index (χ4v) is 3.27. The zero-order valence-corrected chi connectivity index (χ0v) is 14.1. The quantitative estimate of drug-likeness (QED) is 0.713. The van der Waals surface area contributed by atoms with Crippen LogP contribution in [0.25, 0.3) is 21.9 Å². The van der Waals surface area contributed by atoms with E-state index in [-0.39, 0.29) is 11.8 Å². The molecule has 1 aliphatic carbocycles. The van der Waals surface area contributed by atoms with Gasteiger partial charge in [0.1, 0.15) is 5.82 Å². The fourth-order valence-electron chi connectivity index (χ4n) is 2.94. The Morgan fingerprint density at radius 1 is 1.17 bits per heavy atom. The van der Waals surface area contributed by atoms with Gasteiger partial charge < -0.3 is 5.32 Å². The number of aryl methyl sites for hydroxylation is 1. The molecular weight excluding hydrogens is 320 g/mol. The molecule has 0 bridgehead atoms. The van der Waals surface area contributed by atoms with Crippen LogP contribution in [0.15, 0.2) is 48.7 Å². The molecule has 4 rings (SSSR count). The van der Waals surface area contributed by atoms with E-state index < -0.39 is 0 Å². The summed E-state index contributed by atoms with van der Waals surface area (Å²) in [6.45, 7) is 2.06. The van der Waals surface area contributed by atoms with Gasteiger partial charge in [-0.15, -0.1) is 0 Å². The number of fused-ring (bicyclic) bond motifs is 1. The summed E-state index contributed by atoms with van der Waals surface area (Å²) < 4.78 is 0. The van der Waals surface area contributed by atoms with Crippen LogP contribution in [0.3, 0.4) is 0 Å². The monoisotopic (exact) mass is 336 g/mol. The van der Waals surface area contributed by atoms with Gasteiger partial charge in [0.15, 0.2) is 0 Å². The molecule has 1 heterocycles. The lowest BCUT2D eigenvalue weighted by atomic mass is 9.98. The Bertz CT molecular complexity index is 927. The first-order valence-electron chi connectivity index (χ1n) is 8.08. The first-order valence-corrected chi connectivity index (χ1v) is 8.46. The van der Waals surface area contributed by atoms with E-state index in [9.17, 15) is 4.79 Å². The third-order valence-corrected chi connectivity index (χ3v) is 4.75. The van der Waals surface area contributed by atoms with Crippen molar-refractivity contribution in [1.29, 1.82) is 0 Å². The second-order valence-corrected chi connectivity index (χ2v) is 6.73. The molecule has 0 spiro atoms. The molecule has 24 heavy (non-hydrogen) atoms. The van der Waals surface area contributed by atoms with E-state index in [4.69, 9.17) is 11.6 Å². The molecule has 0 aliphatic heterocycles. The van der Waals surface area contributed by atoms with E-state index >= 15 is 0 Å². The number of carbonyl (C=O) groups is 1. The number of anilines is 1. The minimum absolute atomic E-state index is 0.0742. The smallest absolute Gasteiger partial charge is 0.228 e. The summed E-state index contributed by atoms with van der Waals surface area (Å²) in [7, 11) is 0. The van der Waals surface area contributed by atoms with E-state index in [1.165, 1.54) is 0 Å². The van der Waals surface area contributed by atoms with Gasteiger partial charge in [-0.2, -0.15) is 0 Å². The predicted molar refractivity (Wildman–Crippen MR) is 98.3 cm³/mol. The summed E-state index contributed by atoms with van der Waals surface area (Å²) in [6, 6.07) is 14.0. The minimum atomic E-state index is 0.0742. The van der Waals surface area contributed by atoms with Gasteiger partial charge in [-0.25, -0.2) is 4.98 Å². The lowest BCUT2D eigenvalue weighted by Gasteiger charge is -2.10. The van der Waals surface area contributed by atoms with Crippen LogP contribution in [0.4, 0.5) is 5.82 Å². The van der Waals surface area contributed by atoms with Gasteiger partial charge in [0, 0.05) is 28.1 Å². The molecule has 3 aromatic rings. The van der Waals surface area contributed by atoms with Crippen LogP contribution in [0.2, 0.25) is 5.02 Å². The van der Waals surface area contributed by atoms with Crippen molar-refractivity contribution < 1.29 is 4.79 Å². The first-order chi connectivity index (χ1) is 11.6. The highest BCUT2D eigenvalue weighted by Gasteiger charge is 2.29. The standard InChI is InChI=1S/C20H17ClN2O/c1-12-3-2-4-17(21)19(12)15-8-7-14-10-18(22-11-16(14)9-15)23-20(24)13-5-6-13/h2-4,7-11,13H,5-6H2,1H3,(H,22,23,24). The van der Waals surface area contributed by atoms with Gasteiger partial charge in [-0.05, 0) is 54.5 Å². The van der Waals surface area contributed by atoms with Crippen molar-refractivity contribution in [2.45, 2.75) is 19.8 Å². The number of nitrogens with zero attached hydrogens (tertiary/aromatic N) is 1. The largest absolute Gasteiger partial charge is 0.310 e. The Labute approximate surface area is 145 Å². The van der Waals surface area contributed by atoms with Crippen molar-refractivity contribution in [3.8, 4) is 11.1 Å². The van der Waals surface area contributed by atoms with Crippen molar-refractivity contribution in [3.05, 3.63) is 59.2 Å². The first kappa shape index (κ1) is 15.2. The van der Waals surface area contributed by atoms with E-state index in [1.807, 2.05) is 24.3 Å². The van der Waals surface area contributed by atoms with Gasteiger partial charge in [0.2, 0.25) is 5.91 Å². The average molecular weight is 337 g/mol. The summed E-state index contributed by atoms with van der Waals surface area (Å²) in [4.78, 5) is 16.2. The van der Waals surface area contributed by atoms with Crippen LogP contribution >= 0.6 is 11.6 Å². The summed E-state index contributed by atoms with van der Waals surface area (Å²) in [5, 5.41) is 5.71. The third-order valence-electron chi connectivity index (χ3n) is 4.43.